The monoisotopic (exact) mass is 1770 g/mol. The Hall–Kier alpha value is -12.5. The van der Waals surface area contributed by atoms with Crippen LogP contribution in [0.25, 0.3) is 73.0 Å². The molecule has 8 heterocycles. The minimum atomic E-state index is -1.82. The van der Waals surface area contributed by atoms with Crippen molar-refractivity contribution in [3.8, 4) is 73.3 Å². The van der Waals surface area contributed by atoms with Crippen molar-refractivity contribution in [2.24, 2.45) is 5.73 Å². The Morgan fingerprint density at radius 3 is 1.20 bits per heavy atom. The van der Waals surface area contributed by atoms with Gasteiger partial charge in [-0.15, -0.1) is 12.4 Å². The second-order valence-electron chi connectivity index (χ2n) is 27.1. The highest BCUT2D eigenvalue weighted by Crippen LogP contribution is 2.52. The van der Waals surface area contributed by atoms with E-state index in [1.165, 1.54) is 90.0 Å². The van der Waals surface area contributed by atoms with Gasteiger partial charge in [-0.3, -0.25) is 42.3 Å². The molecule has 120 heavy (non-hydrogen) atoms. The van der Waals surface area contributed by atoms with E-state index in [0.717, 1.165) is 47.6 Å². The zero-order chi connectivity index (χ0) is 85.3. The van der Waals surface area contributed by atoms with Crippen LogP contribution in [0.15, 0.2) is 217 Å². The molecular weight excluding hydrogens is 1700 g/mol. The van der Waals surface area contributed by atoms with Gasteiger partial charge in [0, 0.05) is 125 Å². The zero-order valence-electron chi connectivity index (χ0n) is 64.5. The molecule has 0 saturated heterocycles. The fourth-order valence-corrected chi connectivity index (χ4v) is 14.2. The predicted molar refractivity (Wildman–Crippen MR) is 456 cm³/mol. The first kappa shape index (κ1) is 88.3. The number of amides is 3. The number of nitrogens with zero attached hydrogens (tertiary/aromatic N) is 8. The van der Waals surface area contributed by atoms with E-state index in [-0.39, 0.29) is 102 Å². The van der Waals surface area contributed by atoms with Crippen LogP contribution in [0, 0.1) is 17.5 Å². The maximum absolute atomic E-state index is 13.7. The first-order valence-electron chi connectivity index (χ1n) is 36.3. The summed E-state index contributed by atoms with van der Waals surface area (Å²) >= 11 is 22.2. The molecule has 6 aromatic carbocycles. The third kappa shape index (κ3) is 19.4. The van der Waals surface area contributed by atoms with Gasteiger partial charge in [-0.25, -0.2) is 37.7 Å². The van der Waals surface area contributed by atoms with Crippen molar-refractivity contribution in [1.82, 2.24) is 54.1 Å². The maximum atomic E-state index is 13.7. The number of aromatic nitrogens is 8. The molecule has 3 amide bonds. The standard InChI is InChI=1S/C32H26ClFN4O3.C23H17ClFN3O4.C15H11BrFN3O.C8H8BClO5.C8H10N2.ClH/c1-35-31(40)30-29(19-6-9-21(34)10-7-19)37-28-11-8-20(18-38(28)30)22-15-23(26(41-2)16-24(22)33)25(39)17-32(12-13-32)27-5-3-4-14-36-27;1-26-22(29)21-20(12-3-6-14(25)7-4-12)27-19-8-5-13(11-28(19)21)15-9-16(23(30)31)18(32-2)10-17(15)24;1-18-15(21)14-13(9-2-5-11(17)6-3-9)19-12-7-4-10(16)8-20(12)14;1-15-7-3-6(10)5(9(13)14)2-4(7)8(11)12;9-8(4-5-8)7-3-1-2-6-10-7;/h3-11,14-16,18H,12-13,17H2,1-2H3,(H,35,40);3-11H,1-2H3,(H,26,29)(H,30,31);2-8H,1H3,(H,18,21);2-3,13-14H,1H3,(H,11,12);1-3,6H,4-5,9H2;1H. The summed E-state index contributed by atoms with van der Waals surface area (Å²) in [7, 11) is 6.96. The quantitative estimate of drug-likeness (QED) is 0.0275. The third-order valence-corrected chi connectivity index (χ3v) is 21.0. The molecule has 14 aromatic rings. The van der Waals surface area contributed by atoms with E-state index in [2.05, 4.69) is 56.8 Å². The molecule has 2 aliphatic rings. The number of fused-ring (bicyclic) bond motifs is 3. The van der Waals surface area contributed by atoms with Gasteiger partial charge in [-0.05, 0) is 210 Å². The number of carboxylic acid groups (broad SMARTS) is 2. The average Bonchev–Trinajstić information content (AvgIpc) is 1.61. The van der Waals surface area contributed by atoms with E-state index in [4.69, 9.17) is 69.9 Å². The lowest BCUT2D eigenvalue weighted by Gasteiger charge is -2.17. The number of hydrogen-bond donors (Lipinski definition) is 8. The number of nitrogens with one attached hydrogen (secondary N) is 3. The minimum absolute atomic E-state index is 0. The van der Waals surface area contributed by atoms with Crippen molar-refractivity contribution in [3.63, 3.8) is 0 Å². The van der Waals surface area contributed by atoms with Crippen LogP contribution in [-0.4, -0.2) is 143 Å². The smallest absolute Gasteiger partial charge is 0.489 e. The van der Waals surface area contributed by atoms with Crippen LogP contribution in [0.5, 0.6) is 17.2 Å². The molecule has 0 spiro atoms. The fourth-order valence-electron chi connectivity index (χ4n) is 13.0. The van der Waals surface area contributed by atoms with E-state index in [9.17, 15) is 47.0 Å². The Morgan fingerprint density at radius 2 is 0.842 bits per heavy atom. The Kier molecular flexibility index (Phi) is 28.0. The summed E-state index contributed by atoms with van der Waals surface area (Å²) in [5.74, 6) is -3.94. The molecule has 9 N–H and O–H groups in total. The van der Waals surface area contributed by atoms with Gasteiger partial charge in [0.2, 0.25) is 0 Å². The molecule has 0 radical (unpaired) electrons. The summed E-state index contributed by atoms with van der Waals surface area (Å²) in [4.78, 5) is 96.4. The highest BCUT2D eigenvalue weighted by atomic mass is 79.9. The van der Waals surface area contributed by atoms with E-state index < -0.39 is 24.9 Å². The molecule has 614 valence electrons. The molecule has 0 atom stereocenters. The van der Waals surface area contributed by atoms with Gasteiger partial charge in [0.25, 0.3) is 17.7 Å². The normalized spacial score (nSPS) is 12.4. The van der Waals surface area contributed by atoms with Crippen molar-refractivity contribution in [2.75, 3.05) is 42.5 Å². The number of ether oxygens (including phenoxy) is 3. The van der Waals surface area contributed by atoms with Crippen LogP contribution in [0.4, 0.5) is 13.2 Å². The number of ketones is 1. The molecule has 16 rings (SSSR count). The lowest BCUT2D eigenvalue weighted by Crippen LogP contribution is -2.31. The summed E-state index contributed by atoms with van der Waals surface area (Å²) in [5, 5.41) is 44.7. The lowest BCUT2D eigenvalue weighted by molar-refractivity contribution is 0.0682. The summed E-state index contributed by atoms with van der Waals surface area (Å²) in [5.41, 5.74) is 15.8. The van der Waals surface area contributed by atoms with Crippen LogP contribution < -0.4 is 41.4 Å². The molecule has 0 unspecified atom stereocenters. The number of methoxy groups -OCH3 is 3. The van der Waals surface area contributed by atoms with Gasteiger partial charge >= 0.3 is 19.1 Å². The number of nitrogens with two attached hydrogens (primary N) is 1. The summed E-state index contributed by atoms with van der Waals surface area (Å²) in [6.07, 6.45) is 13.0. The van der Waals surface area contributed by atoms with Gasteiger partial charge < -0.3 is 56.2 Å². The number of carbonyl (C=O) groups excluding carboxylic acids is 4. The fraction of sp³-hybridized carbons (Fsp3) is 0.151. The molecule has 2 fully saturated rings. The molecular formula is C86H73BBrCl4F3N12O13. The van der Waals surface area contributed by atoms with Gasteiger partial charge in [0.05, 0.1) is 48.2 Å². The summed E-state index contributed by atoms with van der Waals surface area (Å²) < 4.78 is 61.3. The second kappa shape index (κ2) is 38.0. The van der Waals surface area contributed by atoms with E-state index in [1.54, 1.807) is 118 Å². The largest absolute Gasteiger partial charge is 0.496 e. The van der Waals surface area contributed by atoms with Crippen molar-refractivity contribution in [3.05, 3.63) is 295 Å². The first-order chi connectivity index (χ1) is 57.0. The second-order valence-corrected chi connectivity index (χ2v) is 29.3. The topological polar surface area (TPSA) is 351 Å². The number of carboxylic acids is 2. The van der Waals surface area contributed by atoms with Gasteiger partial charge in [-0.1, -0.05) is 46.9 Å². The Bertz CT molecular complexity index is 6210. The Balaban J connectivity index is 0.000000158. The number of imidazole rings is 3. The predicted octanol–water partition coefficient (Wildman–Crippen LogP) is 15.5. The van der Waals surface area contributed by atoms with Crippen LogP contribution in [0.2, 0.25) is 15.1 Å². The van der Waals surface area contributed by atoms with Crippen LogP contribution >= 0.6 is 63.1 Å². The minimum Gasteiger partial charge on any atom is -0.496 e. The summed E-state index contributed by atoms with van der Waals surface area (Å²) in [6.45, 7) is 0. The highest BCUT2D eigenvalue weighted by Gasteiger charge is 2.47. The maximum Gasteiger partial charge on any atom is 0.489 e. The number of halogens is 8. The van der Waals surface area contributed by atoms with E-state index in [1.807, 2.05) is 54.6 Å². The molecule has 2 aliphatic carbocycles. The average molecular weight is 1770 g/mol. The molecule has 8 aromatic heterocycles. The number of carbonyl (C=O) groups is 6. The molecule has 34 heteroatoms. The molecule has 2 saturated carbocycles. The number of Topliss-reactive ketones (excluding diaryl/α,β-unsaturated/α-hetero) is 1. The van der Waals surface area contributed by atoms with Crippen molar-refractivity contribution in [2.45, 2.75) is 43.1 Å². The molecule has 0 bridgehead atoms. The SMILES string of the molecule is CNC(=O)c1c(-c2ccc(F)cc2)nc2ccc(-c3cc(C(=O)CC4(c5ccccn5)CC4)c(OC)cc3Cl)cn12.CNC(=O)c1c(-c2ccc(F)cc2)nc2ccc(-c3cc(C(=O)O)c(OC)cc3Cl)cn12.CNC(=O)c1c(-c2ccc(F)cc2)nc2ccc(Br)cn12.COc1cc(Cl)c(B(O)O)cc1C(=O)O.Cl.NC1(c2ccccn2)CC1. The van der Waals surface area contributed by atoms with Crippen molar-refractivity contribution in [1.29, 1.82) is 0 Å². The van der Waals surface area contributed by atoms with Crippen molar-refractivity contribution >= 4 is 128 Å². The zero-order valence-corrected chi connectivity index (χ0v) is 69.2. The van der Waals surface area contributed by atoms with Gasteiger partial charge in [-0.2, -0.15) is 0 Å². The van der Waals surface area contributed by atoms with Crippen LogP contribution in [0.1, 0.15) is 106 Å². The third-order valence-electron chi connectivity index (χ3n) is 19.6. The number of aromatic carboxylic acids is 2. The van der Waals surface area contributed by atoms with E-state index >= 15 is 0 Å². The molecule has 25 nitrogen and oxygen atoms in total. The van der Waals surface area contributed by atoms with Gasteiger partial charge in [0.15, 0.2) is 5.78 Å². The first-order valence-corrected chi connectivity index (χ1v) is 38.2. The molecule has 0 aliphatic heterocycles. The van der Waals surface area contributed by atoms with Crippen LogP contribution in [-0.2, 0) is 11.0 Å². The van der Waals surface area contributed by atoms with E-state index in [0.29, 0.717) is 107 Å². The van der Waals surface area contributed by atoms with Crippen LogP contribution in [0.3, 0.4) is 0 Å². The Labute approximate surface area is 713 Å². The highest BCUT2D eigenvalue weighted by molar-refractivity contribution is 9.10. The number of benzene rings is 6. The van der Waals surface area contributed by atoms with Crippen molar-refractivity contribution < 1.29 is 76.4 Å². The number of pyridine rings is 5. The summed E-state index contributed by atoms with van der Waals surface area (Å²) in [6, 6.07) is 48.3. The number of rotatable bonds is 19. The van der Waals surface area contributed by atoms with Gasteiger partial charge in [0.1, 0.15) is 96.9 Å². The number of hydrogen-bond acceptors (Lipinski definition) is 17. The Morgan fingerprint density at radius 1 is 0.483 bits per heavy atom. The lowest BCUT2D eigenvalue weighted by atomic mass is 9.79.